The number of thiocarbonyl (C=S) groups is 1. The number of nitrogens with zero attached hydrogens (tertiary/aromatic N) is 1. The Labute approximate surface area is 88.4 Å². The van der Waals surface area contributed by atoms with E-state index in [4.69, 9.17) is 9.47 Å². The fourth-order valence-corrected chi connectivity index (χ4v) is 1.27. The van der Waals surface area contributed by atoms with Crippen molar-refractivity contribution in [3.63, 3.8) is 0 Å². The summed E-state index contributed by atoms with van der Waals surface area (Å²) in [7, 11) is 3.20. The molecule has 14 heavy (non-hydrogen) atoms. The number of aliphatic imine (C=N–C) groups is 1. The van der Waals surface area contributed by atoms with Crippen LogP contribution in [0.2, 0.25) is 0 Å². The largest absolute Gasteiger partial charge is 0.496 e. The van der Waals surface area contributed by atoms with Crippen LogP contribution in [-0.4, -0.2) is 19.4 Å². The van der Waals surface area contributed by atoms with E-state index in [-0.39, 0.29) is 0 Å². The molecular weight excluding hydrogens is 198 g/mol. The van der Waals surface area contributed by atoms with Gasteiger partial charge in [0.1, 0.15) is 17.2 Å². The van der Waals surface area contributed by atoms with Gasteiger partial charge in [0.05, 0.1) is 19.4 Å². The van der Waals surface area contributed by atoms with Crippen LogP contribution in [0.4, 0.5) is 5.69 Å². The minimum absolute atomic E-state index is 0.630. The number of benzene rings is 1. The third-order valence-electron chi connectivity index (χ3n) is 1.86. The van der Waals surface area contributed by atoms with Gasteiger partial charge in [0.15, 0.2) is 0 Å². The SMILES string of the molecule is COc1cc(N=C=S)c(OC)cc1C. The summed E-state index contributed by atoms with van der Waals surface area (Å²) >= 11 is 4.54. The second kappa shape index (κ2) is 4.74. The number of hydrogen-bond donors (Lipinski definition) is 0. The lowest BCUT2D eigenvalue weighted by atomic mass is 10.2. The third kappa shape index (κ3) is 2.10. The highest BCUT2D eigenvalue weighted by Gasteiger charge is 2.06. The van der Waals surface area contributed by atoms with Crippen LogP contribution in [0.1, 0.15) is 5.56 Å². The first-order valence-corrected chi connectivity index (χ1v) is 4.44. The van der Waals surface area contributed by atoms with Gasteiger partial charge in [-0.3, -0.25) is 0 Å². The fraction of sp³-hybridized carbons (Fsp3) is 0.300. The Morgan fingerprint density at radius 1 is 1.21 bits per heavy atom. The molecular formula is C10H11NO2S. The van der Waals surface area contributed by atoms with Crippen molar-refractivity contribution in [2.24, 2.45) is 4.99 Å². The summed E-state index contributed by atoms with van der Waals surface area (Å²) in [5.41, 5.74) is 1.62. The molecule has 0 bridgehead atoms. The summed E-state index contributed by atoms with van der Waals surface area (Å²) in [6.45, 7) is 1.94. The molecule has 0 saturated heterocycles. The van der Waals surface area contributed by atoms with Crippen molar-refractivity contribution in [3.8, 4) is 11.5 Å². The Morgan fingerprint density at radius 2 is 1.86 bits per heavy atom. The van der Waals surface area contributed by atoms with Gasteiger partial charge >= 0.3 is 0 Å². The van der Waals surface area contributed by atoms with Gasteiger partial charge in [-0.15, -0.1) is 0 Å². The maximum absolute atomic E-state index is 5.15. The van der Waals surface area contributed by atoms with Crippen LogP contribution in [0.15, 0.2) is 17.1 Å². The quantitative estimate of drug-likeness (QED) is 0.566. The van der Waals surface area contributed by atoms with Crippen molar-refractivity contribution in [1.82, 2.24) is 0 Å². The summed E-state index contributed by atoms with van der Waals surface area (Å²) in [6, 6.07) is 3.62. The fourth-order valence-electron chi connectivity index (χ4n) is 1.17. The van der Waals surface area contributed by atoms with E-state index in [1.54, 1.807) is 20.3 Å². The number of aryl methyl sites for hydroxylation is 1. The molecule has 4 heteroatoms. The lowest BCUT2D eigenvalue weighted by Gasteiger charge is -2.08. The van der Waals surface area contributed by atoms with E-state index in [2.05, 4.69) is 22.4 Å². The summed E-state index contributed by atoms with van der Waals surface area (Å²) < 4.78 is 10.3. The summed E-state index contributed by atoms with van der Waals surface area (Å²) in [5.74, 6) is 1.43. The van der Waals surface area contributed by atoms with Crippen molar-refractivity contribution in [2.75, 3.05) is 14.2 Å². The Bertz CT molecular complexity index is 384. The number of methoxy groups -OCH3 is 2. The van der Waals surface area contributed by atoms with Gasteiger partial charge in [-0.1, -0.05) is 0 Å². The molecule has 0 amide bonds. The molecule has 1 aromatic carbocycles. The van der Waals surface area contributed by atoms with Crippen LogP contribution >= 0.6 is 12.2 Å². The zero-order chi connectivity index (χ0) is 10.6. The van der Waals surface area contributed by atoms with Gasteiger partial charge < -0.3 is 9.47 Å². The van der Waals surface area contributed by atoms with Crippen LogP contribution in [0.25, 0.3) is 0 Å². The van der Waals surface area contributed by atoms with E-state index in [0.29, 0.717) is 11.4 Å². The second-order valence-electron chi connectivity index (χ2n) is 2.70. The van der Waals surface area contributed by atoms with Crippen LogP contribution in [0.3, 0.4) is 0 Å². The number of ether oxygens (including phenoxy) is 2. The van der Waals surface area contributed by atoms with E-state index in [1.165, 1.54) is 0 Å². The third-order valence-corrected chi connectivity index (χ3v) is 1.95. The predicted octanol–water partition coefficient (Wildman–Crippen LogP) is 2.75. The van der Waals surface area contributed by atoms with Crippen molar-refractivity contribution in [2.45, 2.75) is 6.92 Å². The molecule has 0 aliphatic heterocycles. The first-order chi connectivity index (χ1) is 6.72. The molecule has 0 spiro atoms. The van der Waals surface area contributed by atoms with E-state index in [9.17, 15) is 0 Å². The highest BCUT2D eigenvalue weighted by Crippen LogP contribution is 2.34. The van der Waals surface area contributed by atoms with Gasteiger partial charge in [0.2, 0.25) is 0 Å². The summed E-state index contributed by atoms with van der Waals surface area (Å²) in [4.78, 5) is 3.89. The van der Waals surface area contributed by atoms with Crippen molar-refractivity contribution >= 4 is 23.1 Å². The van der Waals surface area contributed by atoms with Crippen LogP contribution in [-0.2, 0) is 0 Å². The van der Waals surface area contributed by atoms with E-state index < -0.39 is 0 Å². The van der Waals surface area contributed by atoms with E-state index in [1.807, 2.05) is 13.0 Å². The van der Waals surface area contributed by atoms with Crippen LogP contribution in [0.5, 0.6) is 11.5 Å². The Hall–Kier alpha value is -1.38. The van der Waals surface area contributed by atoms with Gasteiger partial charge in [-0.05, 0) is 30.8 Å². The standard InChI is InChI=1S/C10H11NO2S/c1-7-4-10(13-3)8(11-6-14)5-9(7)12-2/h4-5H,1-3H3. The van der Waals surface area contributed by atoms with Gasteiger partial charge in [-0.2, -0.15) is 4.99 Å². The molecule has 0 atom stereocenters. The topological polar surface area (TPSA) is 30.8 Å². The van der Waals surface area contributed by atoms with Gasteiger partial charge in [-0.25, -0.2) is 0 Å². The smallest absolute Gasteiger partial charge is 0.145 e. The monoisotopic (exact) mass is 209 g/mol. The number of rotatable bonds is 3. The summed E-state index contributed by atoms with van der Waals surface area (Å²) in [5, 5.41) is 2.30. The summed E-state index contributed by atoms with van der Waals surface area (Å²) in [6.07, 6.45) is 0. The molecule has 0 N–H and O–H groups in total. The average molecular weight is 209 g/mol. The normalized spacial score (nSPS) is 9.07. The molecule has 0 aromatic heterocycles. The van der Waals surface area contributed by atoms with E-state index in [0.717, 1.165) is 11.3 Å². The Kier molecular flexibility index (Phi) is 3.63. The molecule has 0 heterocycles. The van der Waals surface area contributed by atoms with Crippen molar-refractivity contribution < 1.29 is 9.47 Å². The minimum Gasteiger partial charge on any atom is -0.496 e. The lowest BCUT2D eigenvalue weighted by molar-refractivity contribution is 0.401. The van der Waals surface area contributed by atoms with Crippen molar-refractivity contribution in [3.05, 3.63) is 17.7 Å². The number of isothiocyanates is 1. The van der Waals surface area contributed by atoms with Crippen LogP contribution < -0.4 is 9.47 Å². The van der Waals surface area contributed by atoms with Crippen molar-refractivity contribution in [1.29, 1.82) is 0 Å². The molecule has 3 nitrogen and oxygen atoms in total. The second-order valence-corrected chi connectivity index (χ2v) is 2.88. The highest BCUT2D eigenvalue weighted by molar-refractivity contribution is 7.78. The molecule has 0 fully saturated rings. The average Bonchev–Trinajstić information content (AvgIpc) is 2.20. The molecule has 0 radical (unpaired) electrons. The van der Waals surface area contributed by atoms with Gasteiger partial charge in [0, 0.05) is 6.07 Å². The zero-order valence-corrected chi connectivity index (χ0v) is 9.14. The first kappa shape index (κ1) is 10.7. The van der Waals surface area contributed by atoms with Crippen LogP contribution in [0, 0.1) is 6.92 Å². The molecule has 0 aliphatic carbocycles. The Morgan fingerprint density at radius 3 is 2.36 bits per heavy atom. The van der Waals surface area contributed by atoms with Gasteiger partial charge in [0.25, 0.3) is 0 Å². The number of hydrogen-bond acceptors (Lipinski definition) is 4. The molecule has 0 saturated carbocycles. The zero-order valence-electron chi connectivity index (χ0n) is 8.33. The minimum atomic E-state index is 0.630. The maximum atomic E-state index is 5.15. The molecule has 0 aliphatic rings. The highest BCUT2D eigenvalue weighted by atomic mass is 32.1. The molecule has 0 unspecified atom stereocenters. The lowest BCUT2D eigenvalue weighted by Crippen LogP contribution is -1.90. The predicted molar refractivity (Wildman–Crippen MR) is 59.0 cm³/mol. The molecule has 1 rings (SSSR count). The van der Waals surface area contributed by atoms with E-state index >= 15 is 0 Å². The molecule has 74 valence electrons. The maximum Gasteiger partial charge on any atom is 0.145 e. The molecule has 1 aromatic rings. The Balaban J connectivity index is 3.31. The first-order valence-electron chi connectivity index (χ1n) is 4.03.